The van der Waals surface area contributed by atoms with E-state index in [4.69, 9.17) is 9.79 Å². The fourth-order valence-electron chi connectivity index (χ4n) is 5.62. The molecule has 11 heteroatoms. The third-order valence-corrected chi connectivity index (χ3v) is 8.45. The molecule has 0 saturated heterocycles. The molecule has 2 atom stereocenters. The van der Waals surface area contributed by atoms with E-state index in [9.17, 15) is 24.1 Å². The highest BCUT2D eigenvalue weighted by molar-refractivity contribution is 7.46. The van der Waals surface area contributed by atoms with Crippen molar-refractivity contribution in [3.05, 3.63) is 114 Å². The van der Waals surface area contributed by atoms with Gasteiger partial charge in [-0.15, -0.1) is 0 Å². The number of hydrogen-bond acceptors (Lipinski definition) is 6. The number of fused-ring (bicyclic) bond motifs is 1. The average molecular weight is 661 g/mol. The second-order valence-corrected chi connectivity index (χ2v) is 13.6. The number of carboxylic acid groups (broad SMARTS) is 1. The normalized spacial score (nSPS) is 13.3. The lowest BCUT2D eigenvalue weighted by atomic mass is 9.90. The Balaban J connectivity index is 1.60. The number of ketones is 1. The van der Waals surface area contributed by atoms with Crippen LogP contribution in [0.1, 0.15) is 44.4 Å². The van der Waals surface area contributed by atoms with Crippen molar-refractivity contribution in [2.75, 3.05) is 0 Å². The quantitative estimate of drug-likeness (QED) is 0.124. The Morgan fingerprint density at radius 1 is 0.809 bits per heavy atom. The summed E-state index contributed by atoms with van der Waals surface area (Å²) in [7, 11) is -4.76. The highest BCUT2D eigenvalue weighted by Gasteiger charge is 2.39. The van der Waals surface area contributed by atoms with E-state index in [1.165, 1.54) is 29.2 Å². The standard InChI is InChI=1S/C36H41N2O8P/c1-24(2)38(32(35(41)42)22-26-15-18-30(19-16-26)46-47(43,44)45)34(40)31(21-25-10-6-5-7-11-25)37-36(3,4)33(39)23-27-14-17-28-12-8-9-13-29(28)20-27/h5-20,24,31-32,37H,21-23H2,1-4H3,(H,41,42)(H2,43,44,45). The maximum Gasteiger partial charge on any atom is 0.524 e. The van der Waals surface area contributed by atoms with E-state index in [0.717, 1.165) is 21.9 Å². The number of aliphatic carboxylic acids is 1. The summed E-state index contributed by atoms with van der Waals surface area (Å²) in [5.74, 6) is -1.88. The summed E-state index contributed by atoms with van der Waals surface area (Å²) >= 11 is 0. The van der Waals surface area contributed by atoms with Crippen molar-refractivity contribution in [1.82, 2.24) is 10.2 Å². The predicted octanol–water partition coefficient (Wildman–Crippen LogP) is 5.34. The summed E-state index contributed by atoms with van der Waals surface area (Å²) in [6, 6.07) is 26.0. The molecule has 0 heterocycles. The summed E-state index contributed by atoms with van der Waals surface area (Å²) in [6.07, 6.45) is 0.290. The Bertz CT molecular complexity index is 1750. The van der Waals surface area contributed by atoms with Crippen LogP contribution in [0.4, 0.5) is 0 Å². The van der Waals surface area contributed by atoms with Crippen LogP contribution in [0, 0.1) is 0 Å². The number of Topliss-reactive ketones (excluding diaryl/α,β-unsaturated/α-hetero) is 1. The van der Waals surface area contributed by atoms with Crippen molar-refractivity contribution in [3.63, 3.8) is 0 Å². The van der Waals surface area contributed by atoms with Crippen LogP contribution < -0.4 is 9.84 Å². The van der Waals surface area contributed by atoms with Gasteiger partial charge in [0.1, 0.15) is 11.8 Å². The molecule has 4 N–H and O–H groups in total. The zero-order valence-electron chi connectivity index (χ0n) is 26.9. The maximum atomic E-state index is 14.4. The van der Waals surface area contributed by atoms with E-state index in [-0.39, 0.29) is 30.8 Å². The minimum absolute atomic E-state index is 0.0716. The van der Waals surface area contributed by atoms with E-state index in [1.54, 1.807) is 27.7 Å². The second-order valence-electron chi connectivity index (χ2n) is 12.4. The SMILES string of the molecule is CC(C)N(C(=O)C(Cc1ccccc1)NC(C)(C)C(=O)Cc1ccc2ccccc2c1)C(Cc1ccc(OP(=O)(O)O)cc1)C(=O)O. The van der Waals surface area contributed by atoms with E-state index < -0.39 is 43.4 Å². The molecule has 4 rings (SSSR count). The minimum Gasteiger partial charge on any atom is -0.480 e. The number of carboxylic acids is 1. The van der Waals surface area contributed by atoms with Gasteiger partial charge in [-0.1, -0.05) is 84.9 Å². The number of phosphoric acid groups is 1. The van der Waals surface area contributed by atoms with Crippen LogP contribution in [0.3, 0.4) is 0 Å². The van der Waals surface area contributed by atoms with Crippen LogP contribution in [-0.4, -0.2) is 61.1 Å². The molecule has 1 amide bonds. The number of nitrogens with one attached hydrogen (secondary N) is 1. The molecule has 0 saturated carbocycles. The number of phosphoric ester groups is 1. The lowest BCUT2D eigenvalue weighted by molar-refractivity contribution is -0.153. The van der Waals surface area contributed by atoms with Crippen LogP contribution in [0.5, 0.6) is 5.75 Å². The molecule has 4 aromatic rings. The summed E-state index contributed by atoms with van der Waals surface area (Å²) in [5.41, 5.74) is 1.07. The monoisotopic (exact) mass is 660 g/mol. The first kappa shape index (κ1) is 35.5. The second kappa shape index (κ2) is 15.0. The van der Waals surface area contributed by atoms with Crippen LogP contribution in [-0.2, 0) is 38.2 Å². The lowest BCUT2D eigenvalue weighted by Gasteiger charge is -2.38. The topological polar surface area (TPSA) is 153 Å². The Hall–Kier alpha value is -4.34. The highest BCUT2D eigenvalue weighted by Crippen LogP contribution is 2.37. The minimum atomic E-state index is -4.76. The van der Waals surface area contributed by atoms with Crippen molar-refractivity contribution in [2.24, 2.45) is 0 Å². The molecular formula is C36H41N2O8P. The molecule has 0 aliphatic carbocycles. The highest BCUT2D eigenvalue weighted by atomic mass is 31.2. The summed E-state index contributed by atoms with van der Waals surface area (Å²) in [5, 5.41) is 15.7. The number of benzene rings is 4. The molecule has 0 bridgehead atoms. The van der Waals surface area contributed by atoms with Gasteiger partial charge in [0.25, 0.3) is 0 Å². The van der Waals surface area contributed by atoms with E-state index in [2.05, 4.69) is 9.84 Å². The van der Waals surface area contributed by atoms with Gasteiger partial charge in [-0.05, 0) is 73.7 Å². The zero-order valence-corrected chi connectivity index (χ0v) is 27.8. The van der Waals surface area contributed by atoms with Gasteiger partial charge < -0.3 is 14.5 Å². The fourth-order valence-corrected chi connectivity index (χ4v) is 6.02. The molecular weight excluding hydrogens is 619 g/mol. The molecule has 0 aromatic heterocycles. The Labute approximate surface area is 274 Å². The molecule has 0 aliphatic heterocycles. The van der Waals surface area contributed by atoms with Crippen LogP contribution >= 0.6 is 7.82 Å². The van der Waals surface area contributed by atoms with E-state index in [1.807, 2.05) is 72.8 Å². The molecule has 0 fully saturated rings. The third-order valence-electron chi connectivity index (χ3n) is 8.00. The van der Waals surface area contributed by atoms with Crippen molar-refractivity contribution in [2.45, 2.75) is 70.6 Å². The van der Waals surface area contributed by atoms with Crippen molar-refractivity contribution in [3.8, 4) is 5.75 Å². The number of rotatable bonds is 15. The first-order valence-corrected chi connectivity index (χ1v) is 16.9. The van der Waals surface area contributed by atoms with Gasteiger partial charge in [-0.3, -0.25) is 24.7 Å². The van der Waals surface area contributed by atoms with Gasteiger partial charge in [0, 0.05) is 18.9 Å². The first-order chi connectivity index (χ1) is 22.1. The Kier molecular flexibility index (Phi) is 11.4. The molecule has 0 spiro atoms. The van der Waals surface area contributed by atoms with E-state index >= 15 is 0 Å². The van der Waals surface area contributed by atoms with Crippen molar-refractivity contribution < 1.29 is 38.4 Å². The molecule has 10 nitrogen and oxygen atoms in total. The maximum absolute atomic E-state index is 14.4. The Morgan fingerprint density at radius 2 is 1.38 bits per heavy atom. The van der Waals surface area contributed by atoms with E-state index in [0.29, 0.717) is 5.56 Å². The van der Waals surface area contributed by atoms with Crippen LogP contribution in [0.15, 0.2) is 97.1 Å². The van der Waals surface area contributed by atoms with Crippen molar-refractivity contribution >= 4 is 36.3 Å². The largest absolute Gasteiger partial charge is 0.524 e. The first-order valence-electron chi connectivity index (χ1n) is 15.3. The molecule has 4 aromatic carbocycles. The predicted molar refractivity (Wildman–Crippen MR) is 180 cm³/mol. The van der Waals surface area contributed by atoms with Gasteiger partial charge in [0.05, 0.1) is 11.6 Å². The van der Waals surface area contributed by atoms with Gasteiger partial charge >= 0.3 is 13.8 Å². The summed E-state index contributed by atoms with van der Waals surface area (Å²) in [6.45, 7) is 6.94. The van der Waals surface area contributed by atoms with Gasteiger partial charge in [0.15, 0.2) is 5.78 Å². The van der Waals surface area contributed by atoms with Crippen LogP contribution in [0.25, 0.3) is 10.8 Å². The fraction of sp³-hybridized carbons (Fsp3) is 0.306. The molecule has 2 unspecified atom stereocenters. The smallest absolute Gasteiger partial charge is 0.480 e. The van der Waals surface area contributed by atoms with Crippen LogP contribution in [0.2, 0.25) is 0 Å². The van der Waals surface area contributed by atoms with Crippen molar-refractivity contribution in [1.29, 1.82) is 0 Å². The summed E-state index contributed by atoms with van der Waals surface area (Å²) < 4.78 is 15.8. The number of carbonyl (C=O) groups is 3. The number of hydrogen-bond donors (Lipinski definition) is 4. The zero-order chi connectivity index (χ0) is 34.4. The Morgan fingerprint density at radius 3 is 1.98 bits per heavy atom. The number of carbonyl (C=O) groups excluding carboxylic acids is 2. The van der Waals surface area contributed by atoms with Gasteiger partial charge in [-0.2, -0.15) is 0 Å². The average Bonchev–Trinajstić information content (AvgIpc) is 3.00. The lowest BCUT2D eigenvalue weighted by Crippen LogP contribution is -2.61. The third kappa shape index (κ3) is 9.83. The van der Waals surface area contributed by atoms with Gasteiger partial charge in [-0.25, -0.2) is 9.36 Å². The molecule has 248 valence electrons. The molecule has 0 radical (unpaired) electrons. The molecule has 47 heavy (non-hydrogen) atoms. The summed E-state index contributed by atoms with van der Waals surface area (Å²) in [4.78, 5) is 60.3. The van der Waals surface area contributed by atoms with Gasteiger partial charge in [0.2, 0.25) is 5.91 Å². The molecule has 0 aliphatic rings. The number of nitrogens with zero attached hydrogens (tertiary/aromatic N) is 1. The number of amides is 1.